The Bertz CT molecular complexity index is 635. The lowest BCUT2D eigenvalue weighted by atomic mass is 9.86. The highest BCUT2D eigenvalue weighted by Gasteiger charge is 2.12. The second-order valence-electron chi connectivity index (χ2n) is 6.27. The minimum Gasteiger partial charge on any atom is -0.288 e. The number of nitrogens with one attached hydrogen (secondary N) is 2. The van der Waals surface area contributed by atoms with Gasteiger partial charge in [-0.3, -0.25) is 14.8 Å². The van der Waals surface area contributed by atoms with E-state index in [0.29, 0.717) is 11.1 Å². The third-order valence-corrected chi connectivity index (χ3v) is 4.37. The molecule has 25 heavy (non-hydrogen) atoms. The molecule has 3 N–H and O–H groups in total. The van der Waals surface area contributed by atoms with Crippen molar-refractivity contribution >= 4 is 24.1 Å². The van der Waals surface area contributed by atoms with E-state index in [4.69, 9.17) is 5.21 Å². The van der Waals surface area contributed by atoms with E-state index in [2.05, 4.69) is 10.5 Å². The normalized spacial score (nSPS) is 15.6. The first-order valence-electron chi connectivity index (χ1n) is 8.73. The van der Waals surface area contributed by atoms with Crippen LogP contribution in [0.25, 0.3) is 6.08 Å². The van der Waals surface area contributed by atoms with Crippen molar-refractivity contribution in [3.63, 3.8) is 0 Å². The molecule has 0 radical (unpaired) electrons. The highest BCUT2D eigenvalue weighted by Crippen LogP contribution is 2.26. The van der Waals surface area contributed by atoms with Crippen molar-refractivity contribution < 1.29 is 14.8 Å². The Morgan fingerprint density at radius 1 is 1.24 bits per heavy atom. The number of hydrogen-bond acceptors (Lipinski definition) is 4. The Hall–Kier alpha value is -2.47. The lowest BCUT2D eigenvalue weighted by molar-refractivity contribution is -0.124. The fraction of sp³-hybridized carbons (Fsp3) is 0.421. The predicted molar refractivity (Wildman–Crippen MR) is 97.2 cm³/mol. The van der Waals surface area contributed by atoms with Gasteiger partial charge in [0.2, 0.25) is 0 Å². The summed E-state index contributed by atoms with van der Waals surface area (Å²) in [5.41, 5.74) is 5.17. The molecule has 1 saturated carbocycles. The van der Waals surface area contributed by atoms with Gasteiger partial charge in [-0.05, 0) is 42.5 Å². The number of hydrogen-bond donors (Lipinski definition) is 3. The summed E-state index contributed by atoms with van der Waals surface area (Å²) in [7, 11) is 0. The molecule has 1 aliphatic rings. The van der Waals surface area contributed by atoms with Crippen molar-refractivity contribution in [3.05, 3.63) is 41.5 Å². The fourth-order valence-corrected chi connectivity index (χ4v) is 3.01. The monoisotopic (exact) mass is 343 g/mol. The second kappa shape index (κ2) is 10.4. The van der Waals surface area contributed by atoms with Crippen molar-refractivity contribution in [3.8, 4) is 0 Å². The lowest BCUT2D eigenvalue weighted by Gasteiger charge is -2.20. The van der Waals surface area contributed by atoms with Crippen molar-refractivity contribution in [1.82, 2.24) is 10.9 Å². The Balaban J connectivity index is 1.78. The molecule has 1 aliphatic carbocycles. The van der Waals surface area contributed by atoms with Crippen LogP contribution in [-0.2, 0) is 4.79 Å². The summed E-state index contributed by atoms with van der Waals surface area (Å²) in [4.78, 5) is 23.1. The number of nitrogens with zero attached hydrogens (tertiary/aromatic N) is 1. The van der Waals surface area contributed by atoms with E-state index in [1.165, 1.54) is 49.7 Å². The summed E-state index contributed by atoms with van der Waals surface area (Å²) in [6.07, 6.45) is 13.1. The van der Waals surface area contributed by atoms with Gasteiger partial charge in [-0.1, -0.05) is 44.2 Å². The SMILES string of the molecule is O=C(C=Cc1cccc(C(=O)NN=CCCC2CCCCC2)c1)NO. The Kier molecular flexibility index (Phi) is 7.85. The third-order valence-electron chi connectivity index (χ3n) is 4.37. The van der Waals surface area contributed by atoms with Crippen molar-refractivity contribution in [2.45, 2.75) is 44.9 Å². The van der Waals surface area contributed by atoms with E-state index in [9.17, 15) is 9.59 Å². The molecule has 0 spiro atoms. The van der Waals surface area contributed by atoms with Gasteiger partial charge in [0.05, 0.1) is 0 Å². The van der Waals surface area contributed by atoms with Gasteiger partial charge in [0.15, 0.2) is 0 Å². The first-order chi connectivity index (χ1) is 12.2. The molecular formula is C19H25N3O3. The summed E-state index contributed by atoms with van der Waals surface area (Å²) < 4.78 is 0. The molecule has 0 unspecified atom stereocenters. The summed E-state index contributed by atoms with van der Waals surface area (Å²) in [5.74, 6) is -0.122. The molecule has 0 heterocycles. The minimum absolute atomic E-state index is 0.296. The van der Waals surface area contributed by atoms with Crippen LogP contribution in [0.5, 0.6) is 0 Å². The molecule has 0 aliphatic heterocycles. The topological polar surface area (TPSA) is 90.8 Å². The number of carbonyl (C=O) groups excluding carboxylic acids is 2. The number of hydrazone groups is 1. The van der Waals surface area contributed by atoms with Gasteiger partial charge in [-0.15, -0.1) is 0 Å². The Morgan fingerprint density at radius 2 is 2.04 bits per heavy atom. The van der Waals surface area contributed by atoms with Gasteiger partial charge >= 0.3 is 0 Å². The molecule has 6 nitrogen and oxygen atoms in total. The van der Waals surface area contributed by atoms with Gasteiger partial charge < -0.3 is 0 Å². The molecule has 2 rings (SSSR count). The Labute approximate surface area is 148 Å². The van der Waals surface area contributed by atoms with Crippen LogP contribution in [0.2, 0.25) is 0 Å². The third kappa shape index (κ3) is 6.89. The van der Waals surface area contributed by atoms with Gasteiger partial charge in [0, 0.05) is 17.9 Å². The average Bonchev–Trinajstić information content (AvgIpc) is 2.66. The minimum atomic E-state index is -0.627. The van der Waals surface area contributed by atoms with E-state index in [1.54, 1.807) is 30.5 Å². The zero-order valence-corrected chi connectivity index (χ0v) is 14.3. The van der Waals surface area contributed by atoms with Crippen molar-refractivity contribution in [2.24, 2.45) is 11.0 Å². The maximum atomic E-state index is 12.1. The number of hydroxylamine groups is 1. The van der Waals surface area contributed by atoms with Crippen LogP contribution in [0.15, 0.2) is 35.4 Å². The second-order valence-corrected chi connectivity index (χ2v) is 6.27. The molecule has 0 atom stereocenters. The first kappa shape index (κ1) is 18.9. The zero-order chi connectivity index (χ0) is 17.9. The van der Waals surface area contributed by atoms with Crippen LogP contribution in [0.4, 0.5) is 0 Å². The summed E-state index contributed by atoms with van der Waals surface area (Å²) in [5, 5.41) is 12.5. The predicted octanol–water partition coefficient (Wildman–Crippen LogP) is 3.28. The number of rotatable bonds is 7. The van der Waals surface area contributed by atoms with Crippen molar-refractivity contribution in [2.75, 3.05) is 0 Å². The summed E-state index contributed by atoms with van der Waals surface area (Å²) in [6.45, 7) is 0. The Morgan fingerprint density at radius 3 is 2.80 bits per heavy atom. The fourth-order valence-electron chi connectivity index (χ4n) is 3.01. The quantitative estimate of drug-likeness (QED) is 0.307. The largest absolute Gasteiger partial charge is 0.288 e. The van der Waals surface area contributed by atoms with Gasteiger partial charge in [-0.2, -0.15) is 5.10 Å². The lowest BCUT2D eigenvalue weighted by Crippen LogP contribution is -2.17. The average molecular weight is 343 g/mol. The highest BCUT2D eigenvalue weighted by molar-refractivity contribution is 5.95. The maximum Gasteiger partial charge on any atom is 0.271 e. The first-order valence-corrected chi connectivity index (χ1v) is 8.73. The van der Waals surface area contributed by atoms with Gasteiger partial charge in [0.1, 0.15) is 0 Å². The zero-order valence-electron chi connectivity index (χ0n) is 14.3. The van der Waals surface area contributed by atoms with E-state index in [1.807, 2.05) is 0 Å². The molecule has 2 amide bonds. The molecule has 1 aromatic rings. The maximum absolute atomic E-state index is 12.1. The van der Waals surface area contributed by atoms with E-state index in [0.717, 1.165) is 18.8 Å². The molecule has 1 fully saturated rings. The van der Waals surface area contributed by atoms with Crippen LogP contribution >= 0.6 is 0 Å². The van der Waals surface area contributed by atoms with Crippen molar-refractivity contribution in [1.29, 1.82) is 0 Å². The number of amides is 2. The molecule has 0 saturated heterocycles. The van der Waals surface area contributed by atoms with Crippen LogP contribution in [0.1, 0.15) is 60.9 Å². The molecule has 1 aromatic carbocycles. The standard InChI is InChI=1S/C19H25N3O3/c23-18(22-25)12-11-16-8-4-10-17(14-16)19(24)21-20-13-5-9-15-6-2-1-3-7-15/h4,8,10-15,25H,1-3,5-7,9H2,(H,21,24)(H,22,23). The molecule has 0 aromatic heterocycles. The van der Waals surface area contributed by atoms with Gasteiger partial charge in [0.25, 0.3) is 11.8 Å². The summed E-state index contributed by atoms with van der Waals surface area (Å²) >= 11 is 0. The number of carbonyl (C=O) groups is 2. The smallest absolute Gasteiger partial charge is 0.271 e. The van der Waals surface area contributed by atoms with Crippen LogP contribution < -0.4 is 10.9 Å². The summed E-state index contributed by atoms with van der Waals surface area (Å²) in [6, 6.07) is 6.80. The van der Waals surface area contributed by atoms with E-state index >= 15 is 0 Å². The van der Waals surface area contributed by atoms with Crippen LogP contribution in [0.3, 0.4) is 0 Å². The van der Waals surface area contributed by atoms with Crippen LogP contribution in [0, 0.1) is 5.92 Å². The number of benzene rings is 1. The molecule has 134 valence electrons. The molecule has 0 bridgehead atoms. The van der Waals surface area contributed by atoms with Gasteiger partial charge in [-0.25, -0.2) is 10.9 Å². The highest BCUT2D eigenvalue weighted by atomic mass is 16.5. The van der Waals surface area contributed by atoms with Crippen LogP contribution in [-0.4, -0.2) is 23.2 Å². The van der Waals surface area contributed by atoms with E-state index in [-0.39, 0.29) is 5.91 Å². The molecular weight excluding hydrogens is 318 g/mol. The molecule has 6 heteroatoms. The van der Waals surface area contributed by atoms with E-state index < -0.39 is 5.91 Å².